The average molecular weight is 398 g/mol. The molecule has 3 rings (SSSR count). The first kappa shape index (κ1) is 21.0. The van der Waals surface area contributed by atoms with E-state index in [4.69, 9.17) is 9.47 Å². The number of piperazine rings is 1. The van der Waals surface area contributed by atoms with E-state index in [1.165, 1.54) is 11.3 Å². The molecule has 6 nitrogen and oxygen atoms in total. The molecule has 0 saturated carbocycles. The lowest BCUT2D eigenvalue weighted by Crippen LogP contribution is -2.48. The Labute approximate surface area is 173 Å². The minimum atomic E-state index is -0.111. The number of nitrogens with one attached hydrogen (secondary N) is 1. The number of carbonyl (C=O) groups excluding carboxylic acids is 1. The lowest BCUT2D eigenvalue weighted by molar-refractivity contribution is 0.0947. The van der Waals surface area contributed by atoms with Crippen molar-refractivity contribution in [2.75, 3.05) is 58.4 Å². The van der Waals surface area contributed by atoms with Gasteiger partial charge in [0.1, 0.15) is 11.5 Å². The fourth-order valence-electron chi connectivity index (χ4n) is 3.70. The Bertz CT molecular complexity index is 820. The summed E-state index contributed by atoms with van der Waals surface area (Å²) in [6.07, 6.45) is 0. The van der Waals surface area contributed by atoms with Crippen LogP contribution in [-0.2, 0) is 0 Å². The molecule has 0 bridgehead atoms. The van der Waals surface area contributed by atoms with E-state index in [1.807, 2.05) is 6.92 Å². The van der Waals surface area contributed by atoms with Crippen LogP contribution in [0.5, 0.6) is 11.5 Å². The van der Waals surface area contributed by atoms with Gasteiger partial charge in [0, 0.05) is 56.1 Å². The number of amides is 1. The molecule has 1 aliphatic heterocycles. The second-order valence-corrected chi connectivity index (χ2v) is 7.43. The van der Waals surface area contributed by atoms with Gasteiger partial charge in [-0.25, -0.2) is 0 Å². The molecule has 1 saturated heterocycles. The molecule has 29 heavy (non-hydrogen) atoms. The molecule has 0 radical (unpaired) electrons. The highest BCUT2D eigenvalue weighted by molar-refractivity contribution is 5.95. The number of aryl methyl sites for hydroxylation is 1. The number of anilines is 1. The van der Waals surface area contributed by atoms with E-state index in [0.717, 1.165) is 38.3 Å². The number of rotatable bonds is 7. The fraction of sp³-hybridized carbons (Fsp3) is 0.435. The standard InChI is InChI=1S/C23H31N3O3/c1-17-6-5-7-20(14-17)26-12-10-25(11-13-26)9-8-24-23(27)19-15-21(28-3)18(2)22(16-19)29-4/h5-7,14-16H,8-13H2,1-4H3,(H,24,27). The van der Waals surface area contributed by atoms with E-state index in [1.54, 1.807) is 26.4 Å². The Morgan fingerprint density at radius 1 is 1.00 bits per heavy atom. The van der Waals surface area contributed by atoms with Crippen molar-refractivity contribution in [3.8, 4) is 11.5 Å². The first-order valence-electron chi connectivity index (χ1n) is 10.1. The molecule has 1 aliphatic rings. The molecule has 0 aliphatic carbocycles. The van der Waals surface area contributed by atoms with E-state index in [2.05, 4.69) is 46.3 Å². The lowest BCUT2D eigenvalue weighted by atomic mass is 10.1. The van der Waals surface area contributed by atoms with Gasteiger partial charge in [-0.3, -0.25) is 9.69 Å². The third-order valence-electron chi connectivity index (χ3n) is 5.47. The summed E-state index contributed by atoms with van der Waals surface area (Å²) in [6.45, 7) is 9.49. The molecule has 2 aromatic carbocycles. The summed E-state index contributed by atoms with van der Waals surface area (Å²) in [7, 11) is 3.19. The average Bonchev–Trinajstić information content (AvgIpc) is 2.74. The van der Waals surface area contributed by atoms with E-state index >= 15 is 0 Å². The monoisotopic (exact) mass is 397 g/mol. The quantitative estimate of drug-likeness (QED) is 0.779. The number of hydrogen-bond donors (Lipinski definition) is 1. The Balaban J connectivity index is 1.48. The van der Waals surface area contributed by atoms with Crippen molar-refractivity contribution in [3.05, 3.63) is 53.1 Å². The molecule has 0 atom stereocenters. The second kappa shape index (κ2) is 9.65. The molecule has 2 aromatic rings. The summed E-state index contributed by atoms with van der Waals surface area (Å²) in [5, 5.41) is 3.01. The van der Waals surface area contributed by atoms with Crippen LogP contribution in [0.2, 0.25) is 0 Å². The summed E-state index contributed by atoms with van der Waals surface area (Å²) < 4.78 is 10.7. The maximum Gasteiger partial charge on any atom is 0.251 e. The largest absolute Gasteiger partial charge is 0.496 e. The zero-order valence-electron chi connectivity index (χ0n) is 17.8. The third kappa shape index (κ3) is 5.21. The van der Waals surface area contributed by atoms with Crippen molar-refractivity contribution in [3.63, 3.8) is 0 Å². The number of benzene rings is 2. The van der Waals surface area contributed by atoms with Crippen molar-refractivity contribution in [2.24, 2.45) is 0 Å². The second-order valence-electron chi connectivity index (χ2n) is 7.43. The van der Waals surface area contributed by atoms with E-state index in [0.29, 0.717) is 23.6 Å². The van der Waals surface area contributed by atoms with Gasteiger partial charge in [0.25, 0.3) is 5.91 Å². The van der Waals surface area contributed by atoms with Crippen LogP contribution in [0.4, 0.5) is 5.69 Å². The predicted molar refractivity (Wildman–Crippen MR) is 116 cm³/mol. The number of methoxy groups -OCH3 is 2. The van der Waals surface area contributed by atoms with Gasteiger partial charge < -0.3 is 19.7 Å². The van der Waals surface area contributed by atoms with Crippen molar-refractivity contribution in [1.29, 1.82) is 0 Å². The van der Waals surface area contributed by atoms with Gasteiger partial charge in [0.15, 0.2) is 0 Å². The van der Waals surface area contributed by atoms with Crippen LogP contribution in [-0.4, -0.2) is 64.3 Å². The highest BCUT2D eigenvalue weighted by atomic mass is 16.5. The molecule has 1 fully saturated rings. The molecule has 0 spiro atoms. The van der Waals surface area contributed by atoms with Crippen LogP contribution in [0.1, 0.15) is 21.5 Å². The normalized spacial score (nSPS) is 14.6. The Kier molecular flexibility index (Phi) is 6.99. The van der Waals surface area contributed by atoms with Crippen LogP contribution in [0.15, 0.2) is 36.4 Å². The molecule has 0 unspecified atom stereocenters. The number of ether oxygens (including phenoxy) is 2. The topological polar surface area (TPSA) is 54.0 Å². The predicted octanol–water partition coefficient (Wildman–Crippen LogP) is 2.87. The van der Waals surface area contributed by atoms with Gasteiger partial charge in [-0.2, -0.15) is 0 Å². The van der Waals surface area contributed by atoms with Crippen molar-refractivity contribution in [1.82, 2.24) is 10.2 Å². The van der Waals surface area contributed by atoms with Gasteiger partial charge in [-0.05, 0) is 43.7 Å². The summed E-state index contributed by atoms with van der Waals surface area (Å²) in [4.78, 5) is 17.4. The van der Waals surface area contributed by atoms with Crippen LogP contribution in [0.3, 0.4) is 0 Å². The number of hydrogen-bond acceptors (Lipinski definition) is 5. The first-order chi connectivity index (χ1) is 14.0. The summed E-state index contributed by atoms with van der Waals surface area (Å²) in [6, 6.07) is 12.2. The number of carbonyl (C=O) groups is 1. The zero-order chi connectivity index (χ0) is 20.8. The summed E-state index contributed by atoms with van der Waals surface area (Å²) in [5.74, 6) is 1.20. The fourth-order valence-corrected chi connectivity index (χ4v) is 3.70. The molecule has 1 amide bonds. The zero-order valence-corrected chi connectivity index (χ0v) is 17.8. The van der Waals surface area contributed by atoms with Gasteiger partial charge in [0.05, 0.1) is 14.2 Å². The molecule has 1 N–H and O–H groups in total. The SMILES string of the molecule is COc1cc(C(=O)NCCN2CCN(c3cccc(C)c3)CC2)cc(OC)c1C. The maximum atomic E-state index is 12.6. The maximum absolute atomic E-state index is 12.6. The molecule has 1 heterocycles. The lowest BCUT2D eigenvalue weighted by Gasteiger charge is -2.36. The molecule has 6 heteroatoms. The highest BCUT2D eigenvalue weighted by Crippen LogP contribution is 2.29. The van der Waals surface area contributed by atoms with Gasteiger partial charge in [-0.15, -0.1) is 0 Å². The van der Waals surface area contributed by atoms with E-state index < -0.39 is 0 Å². The van der Waals surface area contributed by atoms with E-state index in [-0.39, 0.29) is 5.91 Å². The molecular formula is C23H31N3O3. The molecule has 156 valence electrons. The molecule has 0 aromatic heterocycles. The first-order valence-corrected chi connectivity index (χ1v) is 10.1. The Morgan fingerprint density at radius 3 is 2.24 bits per heavy atom. The highest BCUT2D eigenvalue weighted by Gasteiger charge is 2.18. The third-order valence-corrected chi connectivity index (χ3v) is 5.47. The van der Waals surface area contributed by atoms with Gasteiger partial charge in [0.2, 0.25) is 0 Å². The van der Waals surface area contributed by atoms with Gasteiger partial charge in [-0.1, -0.05) is 12.1 Å². The van der Waals surface area contributed by atoms with Crippen molar-refractivity contribution >= 4 is 11.6 Å². The number of nitrogens with zero attached hydrogens (tertiary/aromatic N) is 2. The Hall–Kier alpha value is -2.73. The van der Waals surface area contributed by atoms with E-state index in [9.17, 15) is 4.79 Å². The van der Waals surface area contributed by atoms with Crippen LogP contribution >= 0.6 is 0 Å². The minimum Gasteiger partial charge on any atom is -0.496 e. The van der Waals surface area contributed by atoms with Gasteiger partial charge >= 0.3 is 0 Å². The van der Waals surface area contributed by atoms with Crippen LogP contribution < -0.4 is 19.7 Å². The van der Waals surface area contributed by atoms with Crippen LogP contribution in [0, 0.1) is 13.8 Å². The summed E-state index contributed by atoms with van der Waals surface area (Å²) >= 11 is 0. The minimum absolute atomic E-state index is 0.111. The van der Waals surface area contributed by atoms with Crippen molar-refractivity contribution < 1.29 is 14.3 Å². The molecular weight excluding hydrogens is 366 g/mol. The Morgan fingerprint density at radius 2 is 1.66 bits per heavy atom. The van der Waals surface area contributed by atoms with Crippen molar-refractivity contribution in [2.45, 2.75) is 13.8 Å². The van der Waals surface area contributed by atoms with Crippen LogP contribution in [0.25, 0.3) is 0 Å². The smallest absolute Gasteiger partial charge is 0.251 e. The summed E-state index contributed by atoms with van der Waals surface area (Å²) in [5.41, 5.74) is 4.02.